The molecule has 2 bridgehead atoms. The van der Waals surface area contributed by atoms with Crippen molar-refractivity contribution < 1.29 is 0 Å². The van der Waals surface area contributed by atoms with Crippen LogP contribution in [0, 0.1) is 5.92 Å². The predicted molar refractivity (Wildman–Crippen MR) is 28.9 cm³/mol. The van der Waals surface area contributed by atoms with Gasteiger partial charge >= 0.3 is 0 Å². The lowest BCUT2D eigenvalue weighted by atomic mass is 9.50. The highest BCUT2D eigenvalue weighted by molar-refractivity contribution is 5.31. The Morgan fingerprint density at radius 3 is 2.00 bits per heavy atom. The Balaban J connectivity index is 2.03. The molecular formula is C6H10N. The van der Waals surface area contributed by atoms with Crippen molar-refractivity contribution in [2.45, 2.75) is 24.8 Å². The van der Waals surface area contributed by atoms with Crippen molar-refractivity contribution in [2.75, 3.05) is 7.05 Å². The first kappa shape index (κ1) is 3.90. The highest BCUT2D eigenvalue weighted by Crippen LogP contribution is 2.58. The zero-order valence-electron chi connectivity index (χ0n) is 4.62. The molecule has 3 aliphatic carbocycles. The molecule has 0 amide bonds. The summed E-state index contributed by atoms with van der Waals surface area (Å²) in [7, 11) is 2.07. The topological polar surface area (TPSA) is 12.0 Å². The molecule has 3 rings (SSSR count). The number of hydrogen-bond acceptors (Lipinski definition) is 1. The van der Waals surface area contributed by atoms with Crippen LogP contribution in [0.25, 0.3) is 0 Å². The SMILES string of the molecule is CNC12C[C](C1)C2. The maximum atomic E-state index is 3.32. The highest BCUT2D eigenvalue weighted by Gasteiger charge is 2.55. The molecule has 3 fully saturated rings. The van der Waals surface area contributed by atoms with Gasteiger partial charge in [0, 0.05) is 5.54 Å². The first-order chi connectivity index (χ1) is 3.35. The monoisotopic (exact) mass is 96.1 g/mol. The van der Waals surface area contributed by atoms with Gasteiger partial charge in [0.2, 0.25) is 0 Å². The third-order valence-electron chi connectivity index (χ3n) is 2.30. The molecule has 7 heavy (non-hydrogen) atoms. The summed E-state index contributed by atoms with van der Waals surface area (Å²) in [6, 6.07) is 0. The zero-order chi connectivity index (χ0) is 4.91. The lowest BCUT2D eigenvalue weighted by Crippen LogP contribution is -2.64. The molecule has 3 saturated carbocycles. The van der Waals surface area contributed by atoms with Gasteiger partial charge in [0.15, 0.2) is 0 Å². The van der Waals surface area contributed by atoms with Gasteiger partial charge in [0.1, 0.15) is 0 Å². The molecule has 39 valence electrons. The summed E-state index contributed by atoms with van der Waals surface area (Å²) in [6.45, 7) is 0. The van der Waals surface area contributed by atoms with Gasteiger partial charge in [-0.15, -0.1) is 0 Å². The minimum atomic E-state index is 0.620. The van der Waals surface area contributed by atoms with Gasteiger partial charge in [-0.3, -0.25) is 0 Å². The second-order valence-corrected chi connectivity index (χ2v) is 2.81. The minimum absolute atomic E-state index is 0.620. The van der Waals surface area contributed by atoms with E-state index in [-0.39, 0.29) is 0 Å². The van der Waals surface area contributed by atoms with Crippen molar-refractivity contribution in [1.29, 1.82) is 0 Å². The van der Waals surface area contributed by atoms with Crippen LogP contribution in [0.3, 0.4) is 0 Å². The number of hydrogen-bond donors (Lipinski definition) is 1. The van der Waals surface area contributed by atoms with Crippen LogP contribution < -0.4 is 5.32 Å². The first-order valence-electron chi connectivity index (χ1n) is 2.87. The van der Waals surface area contributed by atoms with Crippen LogP contribution in [0.5, 0.6) is 0 Å². The summed E-state index contributed by atoms with van der Waals surface area (Å²) in [5.41, 5.74) is 0.620. The molecule has 1 radical (unpaired) electrons. The van der Waals surface area contributed by atoms with Gasteiger partial charge in [0.05, 0.1) is 0 Å². The van der Waals surface area contributed by atoms with Crippen LogP contribution in [-0.2, 0) is 0 Å². The fourth-order valence-electron chi connectivity index (χ4n) is 1.55. The van der Waals surface area contributed by atoms with E-state index in [0.29, 0.717) is 5.54 Å². The van der Waals surface area contributed by atoms with Gasteiger partial charge in [-0.1, -0.05) is 0 Å². The normalized spacial score (nSPS) is 33.9. The molecule has 0 spiro atoms. The van der Waals surface area contributed by atoms with Crippen LogP contribution in [0.4, 0.5) is 0 Å². The molecular weight excluding hydrogens is 86.1 g/mol. The Morgan fingerprint density at radius 2 is 2.00 bits per heavy atom. The van der Waals surface area contributed by atoms with E-state index >= 15 is 0 Å². The summed E-state index contributed by atoms with van der Waals surface area (Å²) in [5.74, 6) is 1.77. The van der Waals surface area contributed by atoms with Crippen LogP contribution in [-0.4, -0.2) is 12.6 Å². The van der Waals surface area contributed by atoms with Crippen molar-refractivity contribution >= 4 is 0 Å². The third-order valence-corrected chi connectivity index (χ3v) is 2.30. The second kappa shape index (κ2) is 0.873. The summed E-state index contributed by atoms with van der Waals surface area (Å²) in [5, 5.41) is 3.32. The molecule has 0 heterocycles. The first-order valence-corrected chi connectivity index (χ1v) is 2.87. The fraction of sp³-hybridized carbons (Fsp3) is 0.833. The molecule has 1 N–H and O–H groups in total. The molecule has 3 aliphatic rings. The molecule has 1 nitrogen and oxygen atoms in total. The van der Waals surface area contributed by atoms with E-state index < -0.39 is 0 Å². The minimum Gasteiger partial charge on any atom is -0.314 e. The molecule has 0 atom stereocenters. The highest BCUT2D eigenvalue weighted by atomic mass is 15.0. The Labute approximate surface area is 44.1 Å². The lowest BCUT2D eigenvalue weighted by Gasteiger charge is -2.61. The second-order valence-electron chi connectivity index (χ2n) is 2.81. The molecule has 1 heteroatoms. The lowest BCUT2D eigenvalue weighted by molar-refractivity contribution is 0.0926. The van der Waals surface area contributed by atoms with Gasteiger partial charge < -0.3 is 5.32 Å². The van der Waals surface area contributed by atoms with E-state index in [0.717, 1.165) is 0 Å². The smallest absolute Gasteiger partial charge is 0.0195 e. The quantitative estimate of drug-likeness (QED) is 0.507. The summed E-state index contributed by atoms with van der Waals surface area (Å²) < 4.78 is 0. The van der Waals surface area contributed by atoms with Crippen molar-refractivity contribution in [3.63, 3.8) is 0 Å². The van der Waals surface area contributed by atoms with E-state index in [1.165, 1.54) is 19.3 Å². The molecule has 0 aromatic heterocycles. The average Bonchev–Trinajstić information content (AvgIpc) is 1.25. The van der Waals surface area contributed by atoms with Crippen molar-refractivity contribution in [1.82, 2.24) is 5.32 Å². The van der Waals surface area contributed by atoms with E-state index in [9.17, 15) is 0 Å². The molecule has 0 aliphatic heterocycles. The van der Waals surface area contributed by atoms with E-state index in [4.69, 9.17) is 0 Å². The van der Waals surface area contributed by atoms with E-state index in [1.807, 2.05) is 0 Å². The van der Waals surface area contributed by atoms with Gasteiger partial charge in [-0.05, 0) is 32.2 Å². The number of rotatable bonds is 1. The summed E-state index contributed by atoms with van der Waals surface area (Å²) in [4.78, 5) is 0. The van der Waals surface area contributed by atoms with E-state index in [1.54, 1.807) is 5.92 Å². The Morgan fingerprint density at radius 1 is 1.43 bits per heavy atom. The predicted octanol–water partition coefficient (Wildman–Crippen LogP) is 0.717. The summed E-state index contributed by atoms with van der Waals surface area (Å²) >= 11 is 0. The summed E-state index contributed by atoms with van der Waals surface area (Å²) in [6.07, 6.45) is 4.14. The van der Waals surface area contributed by atoms with Crippen molar-refractivity contribution in [2.24, 2.45) is 0 Å². The van der Waals surface area contributed by atoms with Crippen LogP contribution in [0.15, 0.2) is 0 Å². The molecule has 0 saturated heterocycles. The molecule has 0 unspecified atom stereocenters. The van der Waals surface area contributed by atoms with Crippen LogP contribution in [0.1, 0.15) is 19.3 Å². The Bertz CT molecular complexity index is 75.3. The fourth-order valence-corrected chi connectivity index (χ4v) is 1.55. The molecule has 0 aromatic carbocycles. The average molecular weight is 96.2 g/mol. The van der Waals surface area contributed by atoms with Gasteiger partial charge in [-0.25, -0.2) is 0 Å². The maximum Gasteiger partial charge on any atom is 0.0195 e. The third kappa shape index (κ3) is 0.290. The van der Waals surface area contributed by atoms with E-state index in [2.05, 4.69) is 12.4 Å². The van der Waals surface area contributed by atoms with Crippen molar-refractivity contribution in [3.05, 3.63) is 5.92 Å². The zero-order valence-corrected chi connectivity index (χ0v) is 4.62. The molecule has 0 aromatic rings. The standard InChI is InChI=1S/C6H10N/c1-7-6-2-5(3-6)4-6/h7H,2-4H2,1H3. The maximum absolute atomic E-state index is 3.32. The Kier molecular flexibility index (Phi) is 0.487. The largest absolute Gasteiger partial charge is 0.314 e. The van der Waals surface area contributed by atoms with Gasteiger partial charge in [-0.2, -0.15) is 0 Å². The number of nitrogens with one attached hydrogen (secondary N) is 1. The van der Waals surface area contributed by atoms with Gasteiger partial charge in [0.25, 0.3) is 0 Å². The van der Waals surface area contributed by atoms with Crippen LogP contribution in [0.2, 0.25) is 0 Å². The van der Waals surface area contributed by atoms with Crippen LogP contribution >= 0.6 is 0 Å². The van der Waals surface area contributed by atoms with Crippen molar-refractivity contribution in [3.8, 4) is 0 Å². The Hall–Kier alpha value is -0.0400.